The van der Waals surface area contributed by atoms with Gasteiger partial charge in [-0.1, -0.05) is 62.8 Å². The number of halogens is 1. The van der Waals surface area contributed by atoms with Gasteiger partial charge >= 0.3 is 18.4 Å². The van der Waals surface area contributed by atoms with Crippen molar-refractivity contribution in [1.82, 2.24) is 49.3 Å². The molecule has 5 aromatic carbocycles. The molecule has 10 heterocycles. The number of carbonyl (C=O) groups is 8. The summed E-state index contributed by atoms with van der Waals surface area (Å²) in [7, 11) is 0. The van der Waals surface area contributed by atoms with Crippen LogP contribution in [0, 0.1) is 39.3 Å². The number of carboxylic acid groups (broad SMARTS) is 1. The molecule has 37 heteroatoms. The molecule has 6 amide bonds. The lowest BCUT2D eigenvalue weighted by atomic mass is 10.1. The predicted octanol–water partition coefficient (Wildman–Crippen LogP) is 12.0. The highest BCUT2D eigenvalue weighted by Gasteiger charge is 2.32. The second-order valence-corrected chi connectivity index (χ2v) is 28.0. The Labute approximate surface area is 743 Å². The molecule has 0 radical (unpaired) electrons. The number of fused-ring (bicyclic) bond motifs is 4. The van der Waals surface area contributed by atoms with E-state index in [4.69, 9.17) is 80.6 Å². The van der Waals surface area contributed by atoms with Crippen LogP contribution in [0.15, 0.2) is 103 Å². The highest BCUT2D eigenvalue weighted by atomic mass is 35.5. The summed E-state index contributed by atoms with van der Waals surface area (Å²) in [6, 6.07) is 24.4. The molecule has 0 spiro atoms. The van der Waals surface area contributed by atoms with Gasteiger partial charge in [-0.05, 0) is 126 Å². The number of aromatic nitrogens is 4. The number of aromatic hydroxyl groups is 3. The van der Waals surface area contributed by atoms with Crippen LogP contribution in [0.25, 0.3) is 54.1 Å². The third-order valence-corrected chi connectivity index (χ3v) is 18.9. The van der Waals surface area contributed by atoms with Crippen molar-refractivity contribution in [3.63, 3.8) is 0 Å². The molecule has 0 saturated carbocycles. The molecule has 0 aliphatic carbocycles. The third-order valence-electron chi connectivity index (χ3n) is 18.9. The number of nitrogen functional groups attached to an aromatic ring is 1. The first-order valence-corrected chi connectivity index (χ1v) is 38.7. The van der Waals surface area contributed by atoms with Gasteiger partial charge in [0.15, 0.2) is 28.6 Å². The van der Waals surface area contributed by atoms with Gasteiger partial charge in [-0.3, -0.25) is 33.6 Å². The van der Waals surface area contributed by atoms with Gasteiger partial charge in [0.05, 0.1) is 97.0 Å². The maximum atomic E-state index is 12.4. The Morgan fingerprint density at radius 3 is 1.17 bits per heavy atom. The Morgan fingerprint density at radius 1 is 0.452 bits per heavy atom. The van der Waals surface area contributed by atoms with Crippen LogP contribution in [0.3, 0.4) is 0 Å². The van der Waals surface area contributed by atoms with Crippen molar-refractivity contribution in [2.45, 2.75) is 124 Å². The smallest absolute Gasteiger partial charge is 0.384 e. The first-order valence-electron chi connectivity index (χ1n) is 38.7. The first kappa shape index (κ1) is 112. The van der Waals surface area contributed by atoms with Crippen LogP contribution in [0.1, 0.15) is 147 Å². The van der Waals surface area contributed by atoms with E-state index in [2.05, 4.69) is 29.6 Å². The number of aldehydes is 1. The molecule has 3 atom stereocenters. The topological polar surface area (TPSA) is 455 Å². The normalized spacial score (nSPS) is 15.0. The molecule has 7 N–H and O–H groups in total. The molecule has 36 nitrogen and oxygen atoms in total. The minimum Gasteiger partial charge on any atom is -0.508 e. The number of nitrogens with zero attached hydrogens (tertiary/aromatic N) is 12. The van der Waals surface area contributed by atoms with Gasteiger partial charge in [-0.25, -0.2) is 37.9 Å². The number of aryl methyl sites for hydroxylation is 3. The summed E-state index contributed by atoms with van der Waals surface area (Å²) >= 11 is 0. The third kappa shape index (κ3) is 34.1. The summed E-state index contributed by atoms with van der Waals surface area (Å²) in [6.45, 7) is 39.5. The van der Waals surface area contributed by atoms with Gasteiger partial charge in [0.25, 0.3) is 6.54 Å². The van der Waals surface area contributed by atoms with E-state index >= 15 is 0 Å². The van der Waals surface area contributed by atoms with Crippen molar-refractivity contribution in [3.05, 3.63) is 154 Å². The zero-order valence-corrected chi connectivity index (χ0v) is 69.0. The molecule has 3 unspecified atom stereocenters. The number of nitrogens with two attached hydrogens (primary N) is 1. The molecule has 692 valence electrons. The minimum absolute atomic E-state index is 0. The maximum Gasteiger partial charge on any atom is 0.384 e. The Hall–Kier alpha value is -12.2. The van der Waals surface area contributed by atoms with E-state index in [0.717, 1.165) is 38.9 Å². The van der Waals surface area contributed by atoms with E-state index in [1.807, 2.05) is 75.1 Å². The molecule has 9 aromatic rings. The second kappa shape index (κ2) is 56.7. The largest absolute Gasteiger partial charge is 0.508 e. The molecular weight excluding hydrogens is 1650 g/mol. The van der Waals surface area contributed by atoms with E-state index < -0.39 is 24.3 Å². The molecule has 6 saturated heterocycles. The van der Waals surface area contributed by atoms with Gasteiger partial charge < -0.3 is 117 Å². The molecule has 6 aliphatic heterocycles. The van der Waals surface area contributed by atoms with E-state index in [-0.39, 0.29) is 152 Å². The number of phenols is 3. The van der Waals surface area contributed by atoms with Crippen molar-refractivity contribution < 1.29 is 105 Å². The molecule has 15 rings (SSSR count). The number of hydrogen-bond acceptors (Lipinski definition) is 27. The monoisotopic (exact) mass is 1780 g/mol. The summed E-state index contributed by atoms with van der Waals surface area (Å²) in [5, 5.41) is 42.9. The van der Waals surface area contributed by atoms with Gasteiger partial charge in [0.2, 0.25) is 53.1 Å². The Bertz CT molecular complexity index is 4890. The minimum atomic E-state index is -1.06. The van der Waals surface area contributed by atoms with E-state index in [9.17, 15) is 48.6 Å². The number of aliphatic carboxylic acids is 1. The van der Waals surface area contributed by atoms with Crippen LogP contribution in [0.4, 0.5) is 5.69 Å². The number of amides is 6. The van der Waals surface area contributed by atoms with Crippen LogP contribution >= 0.6 is 12.4 Å². The van der Waals surface area contributed by atoms with Crippen molar-refractivity contribution in [1.29, 1.82) is 5.41 Å². The number of oxazole rings is 4. The number of phenolic OH excluding ortho intramolecular Hbond substituents is 3. The quantitative estimate of drug-likeness (QED) is 0.0205. The zero-order chi connectivity index (χ0) is 86.1. The number of carbonyl (C=O) groups excluding carboxylic acids is 7. The number of rotatable bonds is 13. The summed E-state index contributed by atoms with van der Waals surface area (Å²) in [4.78, 5) is 126. The van der Waals surface area contributed by atoms with Crippen LogP contribution in [0.2, 0.25) is 0 Å². The number of benzene rings is 5. The summed E-state index contributed by atoms with van der Waals surface area (Å²) in [5.41, 5.74) is 14.4. The summed E-state index contributed by atoms with van der Waals surface area (Å²) < 4.78 is 53.6. The fraction of sp³-hybridized carbons (Fsp3) is 0.494. The molecule has 126 heavy (non-hydrogen) atoms. The number of hydrogen-bond donors (Lipinski definition) is 6. The van der Waals surface area contributed by atoms with Gasteiger partial charge in [0.1, 0.15) is 63.5 Å². The average molecular weight is 1780 g/mol. The van der Waals surface area contributed by atoms with Crippen LogP contribution < -0.4 is 5.73 Å². The average Bonchev–Trinajstić information content (AvgIpc) is 1.65. The number of anilines is 1. The van der Waals surface area contributed by atoms with Crippen molar-refractivity contribution in [2.75, 3.05) is 177 Å². The Morgan fingerprint density at radius 2 is 0.794 bits per heavy atom. The zero-order valence-electron chi connectivity index (χ0n) is 68.2. The van der Waals surface area contributed by atoms with Crippen LogP contribution in [0.5, 0.6) is 17.2 Å². The predicted molar refractivity (Wildman–Crippen MR) is 481 cm³/mol. The lowest BCUT2D eigenvalue weighted by Crippen LogP contribution is -2.42. The molecule has 4 aromatic heterocycles. The number of carboxylic acids is 1. The molecule has 6 aliphatic rings. The molecular formula is C89H127ClN14O22. The van der Waals surface area contributed by atoms with E-state index in [1.165, 1.54) is 24.3 Å². The number of ether oxygens (including phenoxy) is 6. The van der Waals surface area contributed by atoms with Gasteiger partial charge in [-0.15, -0.1) is 12.4 Å². The van der Waals surface area contributed by atoms with Crippen molar-refractivity contribution >= 4 is 116 Å². The SMILES string of the molecule is C.C.C.C.C.C.CC(=N)CC(=O)N1CCOCC1.CC(C(=O)N1CCOCC1)c1nc2c(C=O)c(O)ccc2o1.CC(C(=O)N1CCOCC1)c1nc2cc(O)ccc2o1.Cc1ccc(N)c(O)c1.Cc1ccc2oc(C(C)C(=O)N3CCOCC3)nc2c1.Cc1ccc2oc(CC(=O)N3CCOCC3)nc2c1.Cl.[C-]#[N+]CC(=O)N1CCOCC1.[C-]#[N+]CC(=O)O. The Balaban J connectivity index is 0.000000732. The lowest BCUT2D eigenvalue weighted by molar-refractivity contribution is -0.137. The van der Waals surface area contributed by atoms with Crippen molar-refractivity contribution in [2.24, 2.45) is 0 Å². The van der Waals surface area contributed by atoms with E-state index in [1.54, 1.807) is 63.5 Å². The van der Waals surface area contributed by atoms with Crippen LogP contribution in [-0.4, -0.2) is 294 Å². The highest BCUT2D eigenvalue weighted by molar-refractivity contribution is 5.98. The molecule has 0 bridgehead atoms. The Kier molecular flexibility index (Phi) is 50.3. The van der Waals surface area contributed by atoms with Gasteiger partial charge in [-0.2, -0.15) is 0 Å². The summed E-state index contributed by atoms with van der Waals surface area (Å²) in [6.07, 6.45) is 0.992. The summed E-state index contributed by atoms with van der Waals surface area (Å²) in [5.74, 6) is -0.746. The molecule has 6 fully saturated rings. The van der Waals surface area contributed by atoms with E-state index in [0.29, 0.717) is 210 Å². The maximum absolute atomic E-state index is 12.4. The lowest BCUT2D eigenvalue weighted by Gasteiger charge is -2.28. The highest BCUT2D eigenvalue weighted by Crippen LogP contribution is 2.31. The first-order chi connectivity index (χ1) is 57.1. The fourth-order valence-electron chi connectivity index (χ4n) is 12.2. The van der Waals surface area contributed by atoms with Crippen LogP contribution in [-0.2, 0) is 68.4 Å². The van der Waals surface area contributed by atoms with Crippen molar-refractivity contribution in [3.8, 4) is 17.2 Å². The standard InChI is InChI=1S/C15H16N2O5.C15H18N2O3.C14H16N2O4.C14H16N2O3.C8H14N2O2.C7H10N2O2.C7H9NO.C3H3NO2.6CH4.ClH/c1-9(15(20)17-4-6-21-7-5-17)14-16-13-10(8-18)11(19)2-3-12(13)22-14;1-10-3-4-13-12(9-10)16-14(20-13)11(2)15(18)17-5-7-19-8-6-17;1-9(14(18)16-4-6-19-7-5-16)13-15-11-8-10(17)2-3-12(11)20-13;1-10-2-3-12-11(8-10)15-13(19-12)9-14(17)16-4-6-18-7-5-16;1-7(9)6-8(11)10-2-4-12-5-3-10;1-8-6-7(10)9-2-4-11-5-3-9;1-5-2-3-6(8)7(9)4-5;1-4-2-3(5)6;;;;;;;/h2-3,8-9,19H,4-7H2,1H3;3-4,9,11H,5-8H2,1-2H3;2-3,8-9,17H,4-7H2,1H3;2-3,8H,4-7,9H2,1H3;9H,2-6H2,1H3;2-6H2;2-4,9H,8H2,1H3;2H2,(H,5,6);6*1H4;1H. The fourth-order valence-corrected chi connectivity index (χ4v) is 12.2. The van der Waals surface area contributed by atoms with Gasteiger partial charge in [0, 0.05) is 90.3 Å². The number of morpholine rings is 6. The second-order valence-electron chi connectivity index (χ2n) is 28.0. The number of nitrogens with one attached hydrogen (secondary N) is 1.